The molecule has 1 aromatic rings. The van der Waals surface area contributed by atoms with Crippen molar-refractivity contribution in [2.75, 3.05) is 7.11 Å². The Kier molecular flexibility index (Phi) is 8.16. The summed E-state index contributed by atoms with van der Waals surface area (Å²) in [7, 11) is 1.46. The first kappa shape index (κ1) is 18.0. The number of esters is 1. The highest BCUT2D eigenvalue weighted by molar-refractivity contribution is 5.68. The summed E-state index contributed by atoms with van der Waals surface area (Å²) in [6.45, 7) is 0.987. The molecule has 1 N–H and O–H groups in total. The molecule has 1 fully saturated rings. The third kappa shape index (κ3) is 6.74. The zero-order valence-corrected chi connectivity index (χ0v) is 14.4. The van der Waals surface area contributed by atoms with Gasteiger partial charge >= 0.3 is 5.97 Å². The highest BCUT2D eigenvalue weighted by atomic mass is 16.5. The number of nitrogens with one attached hydrogen (secondary N) is 1. The minimum absolute atomic E-state index is 0.0778. The van der Waals surface area contributed by atoms with Crippen LogP contribution in [0.4, 0.5) is 0 Å². The third-order valence-corrected chi connectivity index (χ3v) is 5.00. The Morgan fingerprint density at radius 2 is 1.91 bits per heavy atom. The van der Waals surface area contributed by atoms with E-state index in [1.165, 1.54) is 51.2 Å². The van der Waals surface area contributed by atoms with Crippen molar-refractivity contribution in [2.24, 2.45) is 5.92 Å². The molecule has 0 saturated heterocycles. The molecule has 1 aliphatic rings. The second-order valence-corrected chi connectivity index (χ2v) is 6.69. The number of ether oxygens (including phenoxy) is 1. The fourth-order valence-corrected chi connectivity index (χ4v) is 3.63. The van der Waals surface area contributed by atoms with Crippen molar-refractivity contribution in [3.05, 3.63) is 35.9 Å². The van der Waals surface area contributed by atoms with E-state index in [1.807, 2.05) is 0 Å². The quantitative estimate of drug-likeness (QED) is 0.511. The van der Waals surface area contributed by atoms with Crippen LogP contribution in [0.25, 0.3) is 0 Å². The molecule has 23 heavy (non-hydrogen) atoms. The van der Waals surface area contributed by atoms with Crippen molar-refractivity contribution in [1.82, 2.24) is 5.32 Å². The number of unbranched alkanes of at least 4 members (excludes halogenated alkanes) is 3. The summed E-state index contributed by atoms with van der Waals surface area (Å²) < 4.78 is 4.67. The lowest BCUT2D eigenvalue weighted by molar-refractivity contribution is -0.140. The van der Waals surface area contributed by atoms with Gasteiger partial charge in [-0.15, -0.1) is 0 Å². The van der Waals surface area contributed by atoms with E-state index >= 15 is 0 Å². The van der Waals surface area contributed by atoms with E-state index in [0.29, 0.717) is 12.5 Å². The van der Waals surface area contributed by atoms with Crippen molar-refractivity contribution >= 4 is 5.97 Å². The van der Waals surface area contributed by atoms with E-state index < -0.39 is 0 Å². The minimum atomic E-state index is -0.0778. The largest absolute Gasteiger partial charge is 0.469 e. The molecule has 1 aliphatic carbocycles. The topological polar surface area (TPSA) is 38.3 Å². The smallest absolute Gasteiger partial charge is 0.305 e. The Bertz CT molecular complexity index is 446. The maximum absolute atomic E-state index is 11.1. The highest BCUT2D eigenvalue weighted by Gasteiger charge is 2.25. The van der Waals surface area contributed by atoms with Gasteiger partial charge in [0.25, 0.3) is 0 Å². The number of carbonyl (C=O) groups excluding carboxylic acids is 1. The van der Waals surface area contributed by atoms with E-state index in [0.717, 1.165) is 25.3 Å². The standard InChI is InChI=1S/C20H31NO2/c1-23-20(22)15-8-3-2-7-12-18-13-9-14-19(18)21-16-17-10-5-4-6-11-17/h4-6,10-11,18-19,21H,2-3,7-9,12-16H2,1H3/t18-,19+/m0/s1. The lowest BCUT2D eigenvalue weighted by atomic mass is 9.95. The monoisotopic (exact) mass is 317 g/mol. The van der Waals surface area contributed by atoms with Crippen LogP contribution in [0.5, 0.6) is 0 Å². The number of hydrogen-bond acceptors (Lipinski definition) is 3. The second-order valence-electron chi connectivity index (χ2n) is 6.69. The van der Waals surface area contributed by atoms with Gasteiger partial charge in [0.15, 0.2) is 0 Å². The van der Waals surface area contributed by atoms with Gasteiger partial charge in [-0.1, -0.05) is 56.0 Å². The van der Waals surface area contributed by atoms with Crippen LogP contribution in [-0.2, 0) is 16.1 Å². The lowest BCUT2D eigenvalue weighted by Crippen LogP contribution is -2.31. The first-order valence-electron chi connectivity index (χ1n) is 9.13. The Hall–Kier alpha value is -1.35. The van der Waals surface area contributed by atoms with Gasteiger partial charge in [0.05, 0.1) is 7.11 Å². The summed E-state index contributed by atoms with van der Waals surface area (Å²) in [5, 5.41) is 3.76. The third-order valence-electron chi connectivity index (χ3n) is 5.00. The molecule has 0 radical (unpaired) electrons. The molecule has 1 saturated carbocycles. The Morgan fingerprint density at radius 1 is 1.13 bits per heavy atom. The molecule has 0 spiro atoms. The molecule has 2 atom stereocenters. The SMILES string of the molecule is COC(=O)CCCCCC[C@H]1CCC[C@H]1NCc1ccccc1. The van der Waals surface area contributed by atoms with Gasteiger partial charge in [-0.2, -0.15) is 0 Å². The molecular formula is C20H31NO2. The van der Waals surface area contributed by atoms with E-state index in [2.05, 4.69) is 40.4 Å². The molecule has 1 aromatic carbocycles. The van der Waals surface area contributed by atoms with E-state index in [4.69, 9.17) is 0 Å². The van der Waals surface area contributed by atoms with Crippen molar-refractivity contribution in [3.8, 4) is 0 Å². The lowest BCUT2D eigenvalue weighted by Gasteiger charge is -2.21. The average molecular weight is 317 g/mol. The second kappa shape index (κ2) is 10.4. The fraction of sp³-hybridized carbons (Fsp3) is 0.650. The van der Waals surface area contributed by atoms with Crippen LogP contribution >= 0.6 is 0 Å². The first-order valence-corrected chi connectivity index (χ1v) is 9.13. The van der Waals surface area contributed by atoms with Crippen LogP contribution in [-0.4, -0.2) is 19.1 Å². The Balaban J connectivity index is 1.58. The van der Waals surface area contributed by atoms with Crippen LogP contribution in [0.3, 0.4) is 0 Å². The highest BCUT2D eigenvalue weighted by Crippen LogP contribution is 2.30. The van der Waals surface area contributed by atoms with Crippen LogP contribution in [0, 0.1) is 5.92 Å². The van der Waals surface area contributed by atoms with Crippen LogP contribution in [0.15, 0.2) is 30.3 Å². The number of hydrogen-bond donors (Lipinski definition) is 1. The van der Waals surface area contributed by atoms with E-state index in [1.54, 1.807) is 0 Å². The summed E-state index contributed by atoms with van der Waals surface area (Å²) in [4.78, 5) is 11.1. The minimum Gasteiger partial charge on any atom is -0.469 e. The maximum Gasteiger partial charge on any atom is 0.305 e. The van der Waals surface area contributed by atoms with E-state index in [-0.39, 0.29) is 5.97 Å². The van der Waals surface area contributed by atoms with Crippen molar-refractivity contribution < 1.29 is 9.53 Å². The normalized spacial score (nSPS) is 20.6. The summed E-state index contributed by atoms with van der Waals surface area (Å²) >= 11 is 0. The zero-order chi connectivity index (χ0) is 16.3. The summed E-state index contributed by atoms with van der Waals surface area (Å²) in [5.74, 6) is 0.755. The number of benzene rings is 1. The molecule has 0 aliphatic heterocycles. The molecule has 0 amide bonds. The van der Waals surface area contributed by atoms with E-state index in [9.17, 15) is 4.79 Å². The predicted molar refractivity (Wildman–Crippen MR) is 94.1 cm³/mol. The zero-order valence-electron chi connectivity index (χ0n) is 14.4. The maximum atomic E-state index is 11.1. The van der Waals surface area contributed by atoms with Crippen molar-refractivity contribution in [3.63, 3.8) is 0 Å². The summed E-state index contributed by atoms with van der Waals surface area (Å²) in [6.07, 6.45) is 10.6. The predicted octanol–water partition coefficient (Wildman–Crippen LogP) is 4.46. The molecule has 2 rings (SSSR count). The molecule has 128 valence electrons. The van der Waals surface area contributed by atoms with Crippen molar-refractivity contribution in [2.45, 2.75) is 70.4 Å². The molecule has 0 aromatic heterocycles. The van der Waals surface area contributed by atoms with Gasteiger partial charge in [-0.3, -0.25) is 4.79 Å². The number of carbonyl (C=O) groups is 1. The van der Waals surface area contributed by atoms with Gasteiger partial charge in [0.1, 0.15) is 0 Å². The van der Waals surface area contributed by atoms with Gasteiger partial charge in [0.2, 0.25) is 0 Å². The number of methoxy groups -OCH3 is 1. The fourth-order valence-electron chi connectivity index (χ4n) is 3.63. The Morgan fingerprint density at radius 3 is 2.70 bits per heavy atom. The van der Waals surface area contributed by atoms with Crippen molar-refractivity contribution in [1.29, 1.82) is 0 Å². The van der Waals surface area contributed by atoms with Gasteiger partial charge in [-0.25, -0.2) is 0 Å². The molecule has 0 heterocycles. The van der Waals surface area contributed by atoms with Gasteiger partial charge in [-0.05, 0) is 37.2 Å². The summed E-state index contributed by atoms with van der Waals surface area (Å²) in [6, 6.07) is 11.4. The molecule has 3 nitrogen and oxygen atoms in total. The van der Waals surface area contributed by atoms with Crippen LogP contribution < -0.4 is 5.32 Å². The van der Waals surface area contributed by atoms with Crippen LogP contribution in [0.1, 0.15) is 63.4 Å². The first-order chi connectivity index (χ1) is 11.3. The molecular weight excluding hydrogens is 286 g/mol. The number of rotatable bonds is 10. The molecule has 0 bridgehead atoms. The Labute approximate surface area is 140 Å². The molecule has 3 heteroatoms. The van der Waals surface area contributed by atoms with Gasteiger partial charge < -0.3 is 10.1 Å². The molecule has 0 unspecified atom stereocenters. The van der Waals surface area contributed by atoms with Crippen LogP contribution in [0.2, 0.25) is 0 Å². The average Bonchev–Trinajstić information content (AvgIpc) is 3.04. The van der Waals surface area contributed by atoms with Gasteiger partial charge in [0, 0.05) is 19.0 Å². The summed E-state index contributed by atoms with van der Waals surface area (Å²) in [5.41, 5.74) is 1.38.